The van der Waals surface area contributed by atoms with E-state index in [1.165, 1.54) is 12.8 Å². The van der Waals surface area contributed by atoms with E-state index in [0.717, 1.165) is 0 Å². The maximum absolute atomic E-state index is 3.45. The van der Waals surface area contributed by atoms with E-state index in [9.17, 15) is 0 Å². The molecular weight excluding hydrogens is 140 g/mol. The third-order valence-corrected chi connectivity index (χ3v) is 1.72. The summed E-state index contributed by atoms with van der Waals surface area (Å²) in [6.07, 6.45) is 6.95. The first-order chi connectivity index (χ1) is 2.89. The van der Waals surface area contributed by atoms with E-state index in [4.69, 9.17) is 0 Å². The van der Waals surface area contributed by atoms with E-state index in [2.05, 4.69) is 28.1 Å². The van der Waals surface area contributed by atoms with Crippen molar-refractivity contribution in [3.63, 3.8) is 0 Å². The molecule has 0 saturated heterocycles. The molecule has 0 aromatic carbocycles. The van der Waals surface area contributed by atoms with Crippen molar-refractivity contribution in [3.05, 3.63) is 12.2 Å². The maximum atomic E-state index is 3.45. The van der Waals surface area contributed by atoms with Crippen LogP contribution in [0, 0.1) is 0 Å². The zero-order chi connectivity index (χ0) is 4.41. The van der Waals surface area contributed by atoms with Crippen LogP contribution >= 0.6 is 15.9 Å². The summed E-state index contributed by atoms with van der Waals surface area (Å²) in [5, 5.41) is 0. The Morgan fingerprint density at radius 1 is 1.67 bits per heavy atom. The van der Waals surface area contributed by atoms with Crippen LogP contribution in [0.3, 0.4) is 0 Å². The van der Waals surface area contributed by atoms with Gasteiger partial charge in [0.15, 0.2) is 0 Å². The van der Waals surface area contributed by atoms with Gasteiger partial charge >= 0.3 is 0 Å². The Hall–Kier alpha value is 0.220. The molecule has 0 bridgehead atoms. The summed E-state index contributed by atoms with van der Waals surface area (Å²) >= 11 is 3.45. The van der Waals surface area contributed by atoms with Gasteiger partial charge in [0.1, 0.15) is 0 Å². The van der Waals surface area contributed by atoms with Gasteiger partial charge in [0.25, 0.3) is 0 Å². The molecule has 0 spiro atoms. The molecule has 0 N–H and O–H groups in total. The largest absolute Gasteiger partial charge is 0.0874 e. The molecule has 1 rings (SSSR count). The second kappa shape index (κ2) is 1.78. The van der Waals surface area contributed by atoms with Gasteiger partial charge < -0.3 is 0 Å². The quantitative estimate of drug-likeness (QED) is 0.363. The summed E-state index contributed by atoms with van der Waals surface area (Å²) in [7, 11) is 0. The van der Waals surface area contributed by atoms with Crippen molar-refractivity contribution >= 4 is 15.9 Å². The highest BCUT2D eigenvalue weighted by molar-refractivity contribution is 9.09. The van der Waals surface area contributed by atoms with E-state index < -0.39 is 0 Å². The van der Waals surface area contributed by atoms with Crippen LogP contribution in [0.2, 0.25) is 0 Å². The number of halogens is 1. The van der Waals surface area contributed by atoms with Crippen molar-refractivity contribution in [1.29, 1.82) is 0 Å². The van der Waals surface area contributed by atoms with Gasteiger partial charge in [-0.3, -0.25) is 0 Å². The molecule has 0 radical (unpaired) electrons. The van der Waals surface area contributed by atoms with Gasteiger partial charge in [0.2, 0.25) is 0 Å². The van der Waals surface area contributed by atoms with Crippen LogP contribution in [0.25, 0.3) is 0 Å². The first-order valence-corrected chi connectivity index (χ1v) is 3.12. The topological polar surface area (TPSA) is 0 Å². The number of alkyl halides is 1. The third kappa shape index (κ3) is 0.839. The lowest BCUT2D eigenvalue weighted by molar-refractivity contribution is 0.955. The fourth-order valence-electron chi connectivity index (χ4n) is 0.596. The van der Waals surface area contributed by atoms with Crippen molar-refractivity contribution in [1.82, 2.24) is 0 Å². The smallest absolute Gasteiger partial charge is 0.0328 e. The number of hydrogen-bond donors (Lipinski definition) is 0. The first-order valence-electron chi connectivity index (χ1n) is 2.20. The predicted octanol–water partition coefficient (Wildman–Crippen LogP) is 2.10. The molecule has 0 saturated carbocycles. The average Bonchev–Trinajstić information content (AvgIpc) is 1.86. The van der Waals surface area contributed by atoms with Crippen molar-refractivity contribution < 1.29 is 0 Å². The summed E-state index contributed by atoms with van der Waals surface area (Å²) in [6.45, 7) is 0. The maximum Gasteiger partial charge on any atom is 0.0328 e. The molecule has 34 valence electrons. The molecule has 1 unspecified atom stereocenters. The Morgan fingerprint density at radius 2 is 2.50 bits per heavy atom. The molecule has 0 aliphatic heterocycles. The molecule has 0 fully saturated rings. The minimum atomic E-state index is 0.678. The Kier molecular flexibility index (Phi) is 1.30. The standard InChI is InChI=1S/C5H7Br/c6-5-3-1-2-4-5/h1,3,5H,2,4H2. The Balaban J connectivity index is 2.38. The molecule has 1 atom stereocenters. The van der Waals surface area contributed by atoms with Crippen molar-refractivity contribution in [2.24, 2.45) is 0 Å². The van der Waals surface area contributed by atoms with E-state index in [0.29, 0.717) is 4.83 Å². The lowest BCUT2D eigenvalue weighted by atomic mass is 10.4. The normalized spacial score (nSPS) is 31.8. The zero-order valence-corrected chi connectivity index (χ0v) is 5.11. The van der Waals surface area contributed by atoms with E-state index in [1.807, 2.05) is 0 Å². The van der Waals surface area contributed by atoms with Gasteiger partial charge in [-0.25, -0.2) is 0 Å². The molecule has 1 aliphatic carbocycles. The average molecular weight is 147 g/mol. The predicted molar refractivity (Wildman–Crippen MR) is 31.1 cm³/mol. The first kappa shape index (κ1) is 4.38. The minimum absolute atomic E-state index is 0.678. The summed E-state index contributed by atoms with van der Waals surface area (Å²) in [5.74, 6) is 0. The molecule has 6 heavy (non-hydrogen) atoms. The SMILES string of the molecule is BrC1C=CCC1. The molecule has 0 aromatic rings. The van der Waals surface area contributed by atoms with Gasteiger partial charge in [-0.05, 0) is 12.8 Å². The van der Waals surface area contributed by atoms with Crippen molar-refractivity contribution in [3.8, 4) is 0 Å². The summed E-state index contributed by atoms with van der Waals surface area (Å²) in [5.41, 5.74) is 0. The summed E-state index contributed by atoms with van der Waals surface area (Å²) < 4.78 is 0. The molecule has 1 aliphatic rings. The minimum Gasteiger partial charge on any atom is -0.0874 e. The summed E-state index contributed by atoms with van der Waals surface area (Å²) in [6, 6.07) is 0. The molecule has 0 nitrogen and oxygen atoms in total. The van der Waals surface area contributed by atoms with Crippen LogP contribution in [0.4, 0.5) is 0 Å². The molecular formula is C5H7Br. The van der Waals surface area contributed by atoms with Gasteiger partial charge in [0, 0.05) is 4.83 Å². The third-order valence-electron chi connectivity index (χ3n) is 0.954. The monoisotopic (exact) mass is 146 g/mol. The van der Waals surface area contributed by atoms with Crippen LogP contribution in [0.1, 0.15) is 12.8 Å². The number of hydrogen-bond acceptors (Lipinski definition) is 0. The lowest BCUT2D eigenvalue weighted by Gasteiger charge is -1.86. The highest BCUT2D eigenvalue weighted by Crippen LogP contribution is 2.16. The van der Waals surface area contributed by atoms with Crippen molar-refractivity contribution in [2.75, 3.05) is 0 Å². The Bertz CT molecular complexity index is 66.3. The second-order valence-corrected chi connectivity index (χ2v) is 2.70. The van der Waals surface area contributed by atoms with E-state index in [-0.39, 0.29) is 0 Å². The highest BCUT2D eigenvalue weighted by Gasteiger charge is 2.00. The molecule has 0 aromatic heterocycles. The van der Waals surface area contributed by atoms with Gasteiger partial charge in [0.05, 0.1) is 0 Å². The van der Waals surface area contributed by atoms with Crippen LogP contribution in [0.5, 0.6) is 0 Å². The van der Waals surface area contributed by atoms with Gasteiger partial charge in [-0.2, -0.15) is 0 Å². The Morgan fingerprint density at radius 3 is 2.67 bits per heavy atom. The summed E-state index contributed by atoms with van der Waals surface area (Å²) in [4.78, 5) is 0.678. The molecule has 1 heteroatoms. The van der Waals surface area contributed by atoms with Crippen LogP contribution < -0.4 is 0 Å². The fraction of sp³-hybridized carbons (Fsp3) is 0.600. The highest BCUT2D eigenvalue weighted by atomic mass is 79.9. The molecule has 0 amide bonds. The van der Waals surface area contributed by atoms with Crippen LogP contribution in [-0.4, -0.2) is 4.83 Å². The van der Waals surface area contributed by atoms with Gasteiger partial charge in [-0.15, -0.1) is 0 Å². The molecule has 0 heterocycles. The van der Waals surface area contributed by atoms with Crippen LogP contribution in [0.15, 0.2) is 12.2 Å². The van der Waals surface area contributed by atoms with Crippen LogP contribution in [-0.2, 0) is 0 Å². The Labute approximate surface area is 46.4 Å². The number of rotatable bonds is 0. The fourth-order valence-corrected chi connectivity index (χ4v) is 1.08. The zero-order valence-electron chi connectivity index (χ0n) is 3.52. The van der Waals surface area contributed by atoms with Gasteiger partial charge in [-0.1, -0.05) is 28.1 Å². The van der Waals surface area contributed by atoms with Crippen molar-refractivity contribution in [2.45, 2.75) is 17.7 Å². The lowest BCUT2D eigenvalue weighted by Crippen LogP contribution is -1.80. The number of allylic oxidation sites excluding steroid dienone is 2. The van der Waals surface area contributed by atoms with E-state index >= 15 is 0 Å². The van der Waals surface area contributed by atoms with E-state index in [1.54, 1.807) is 0 Å². The second-order valence-electron chi connectivity index (χ2n) is 1.52.